The number of nitrogen functional groups attached to an aromatic ring is 1. The second kappa shape index (κ2) is 8.09. The van der Waals surface area contributed by atoms with Gasteiger partial charge in [-0.15, -0.1) is 0 Å². The molecule has 1 aromatic heterocycles. The predicted octanol–water partition coefficient (Wildman–Crippen LogP) is 2.31. The summed E-state index contributed by atoms with van der Waals surface area (Å²) in [5, 5.41) is 2.88. The van der Waals surface area contributed by atoms with Crippen LogP contribution in [0.1, 0.15) is 12.0 Å². The van der Waals surface area contributed by atoms with Crippen molar-refractivity contribution >= 4 is 28.4 Å². The van der Waals surface area contributed by atoms with Crippen molar-refractivity contribution in [1.29, 1.82) is 0 Å². The molecule has 2 aromatic carbocycles. The van der Waals surface area contributed by atoms with Crippen LogP contribution in [0.4, 0.5) is 11.4 Å². The zero-order valence-electron chi connectivity index (χ0n) is 15.6. The maximum absolute atomic E-state index is 12.3. The van der Waals surface area contributed by atoms with Gasteiger partial charge >= 0.3 is 5.76 Å². The number of nitrogens with zero attached hydrogens (tertiary/aromatic N) is 2. The van der Waals surface area contributed by atoms with Crippen molar-refractivity contribution < 1.29 is 9.21 Å². The summed E-state index contributed by atoms with van der Waals surface area (Å²) in [5.74, 6) is -0.502. The number of carbonyl (C=O) groups is 1. The third-order valence-corrected chi connectivity index (χ3v) is 4.40. The molecule has 0 saturated carbocycles. The molecule has 142 valence electrons. The number of aromatic nitrogens is 1. The monoisotopic (exact) mass is 368 g/mol. The lowest BCUT2D eigenvalue weighted by Gasteiger charge is -2.10. The molecule has 3 rings (SSSR count). The average Bonchev–Trinajstić information content (AvgIpc) is 2.94. The number of oxazole rings is 1. The molecule has 0 unspecified atom stereocenters. The molecule has 0 bridgehead atoms. The van der Waals surface area contributed by atoms with Crippen LogP contribution in [0.25, 0.3) is 11.1 Å². The van der Waals surface area contributed by atoms with Gasteiger partial charge in [-0.3, -0.25) is 9.36 Å². The first-order valence-electron chi connectivity index (χ1n) is 8.85. The molecule has 0 spiro atoms. The maximum Gasteiger partial charge on any atom is 0.419 e. The molecule has 0 aliphatic heterocycles. The van der Waals surface area contributed by atoms with Crippen molar-refractivity contribution in [3.63, 3.8) is 0 Å². The minimum atomic E-state index is -0.394. The van der Waals surface area contributed by atoms with Gasteiger partial charge in [0.05, 0.1) is 5.52 Å². The number of nitrogens with two attached hydrogens (primary N) is 1. The highest BCUT2D eigenvalue weighted by Gasteiger charge is 2.11. The number of hydrogen-bond donors (Lipinski definition) is 2. The maximum atomic E-state index is 12.3. The van der Waals surface area contributed by atoms with Crippen LogP contribution in [0.15, 0.2) is 51.7 Å². The van der Waals surface area contributed by atoms with Gasteiger partial charge in [0.25, 0.3) is 0 Å². The number of nitrogens with one attached hydrogen (secondary N) is 1. The number of rotatable bonds is 7. The van der Waals surface area contributed by atoms with E-state index in [-0.39, 0.29) is 5.91 Å². The highest BCUT2D eigenvalue weighted by molar-refractivity contribution is 5.93. The molecule has 0 radical (unpaired) electrons. The molecule has 0 aliphatic carbocycles. The summed E-state index contributed by atoms with van der Waals surface area (Å²) in [6.45, 7) is 1.23. The van der Waals surface area contributed by atoms with Gasteiger partial charge in [0.15, 0.2) is 5.58 Å². The minimum Gasteiger partial charge on any atom is -0.408 e. The molecule has 0 atom stereocenters. The molecule has 3 aromatic rings. The highest BCUT2D eigenvalue weighted by Crippen LogP contribution is 2.19. The SMILES string of the molecule is CN(C)CCn1c(=O)oc2ccc(NC(=O)CCc3ccccc3N)cc21. The number of amides is 1. The fraction of sp³-hybridized carbons (Fsp3) is 0.300. The number of carbonyl (C=O) groups excluding carboxylic acids is 1. The fourth-order valence-electron chi connectivity index (χ4n) is 2.89. The van der Waals surface area contributed by atoms with Crippen molar-refractivity contribution in [3.8, 4) is 0 Å². The average molecular weight is 368 g/mol. The van der Waals surface area contributed by atoms with Crippen LogP contribution >= 0.6 is 0 Å². The van der Waals surface area contributed by atoms with E-state index in [9.17, 15) is 9.59 Å². The largest absolute Gasteiger partial charge is 0.419 e. The summed E-state index contributed by atoms with van der Waals surface area (Å²) in [7, 11) is 3.89. The van der Waals surface area contributed by atoms with Crippen LogP contribution in [-0.4, -0.2) is 36.0 Å². The molecule has 0 saturated heterocycles. The van der Waals surface area contributed by atoms with Crippen LogP contribution in [0, 0.1) is 0 Å². The first-order valence-corrected chi connectivity index (χ1v) is 8.85. The standard InChI is InChI=1S/C20H24N4O3/c1-23(2)11-12-24-17-13-15(8-9-18(17)27-20(24)26)22-19(25)10-7-14-5-3-4-6-16(14)21/h3-6,8-9,13H,7,10-12,21H2,1-2H3,(H,22,25). The van der Waals surface area contributed by atoms with Crippen LogP contribution in [0.2, 0.25) is 0 Å². The zero-order valence-corrected chi connectivity index (χ0v) is 15.6. The van der Waals surface area contributed by atoms with E-state index in [0.717, 1.165) is 5.56 Å². The lowest BCUT2D eigenvalue weighted by Crippen LogP contribution is -2.23. The van der Waals surface area contributed by atoms with Crippen LogP contribution in [0.5, 0.6) is 0 Å². The number of anilines is 2. The Morgan fingerprint density at radius 3 is 2.74 bits per heavy atom. The number of fused-ring (bicyclic) bond motifs is 1. The number of benzene rings is 2. The first-order chi connectivity index (χ1) is 12.9. The Bertz CT molecular complexity index is 1000. The number of aryl methyl sites for hydroxylation is 1. The van der Waals surface area contributed by atoms with E-state index < -0.39 is 5.76 Å². The Hall–Kier alpha value is -3.06. The Labute approximate surface area is 157 Å². The molecule has 7 nitrogen and oxygen atoms in total. The van der Waals surface area contributed by atoms with Crippen molar-refractivity contribution in [2.75, 3.05) is 31.7 Å². The van der Waals surface area contributed by atoms with E-state index >= 15 is 0 Å². The van der Waals surface area contributed by atoms with Crippen LogP contribution < -0.4 is 16.8 Å². The van der Waals surface area contributed by atoms with Gasteiger partial charge in [-0.2, -0.15) is 0 Å². The molecule has 0 fully saturated rings. The summed E-state index contributed by atoms with van der Waals surface area (Å²) < 4.78 is 6.85. The first kappa shape index (κ1) is 18.7. The zero-order chi connectivity index (χ0) is 19.4. The Kier molecular flexibility index (Phi) is 5.61. The topological polar surface area (TPSA) is 93.5 Å². The molecule has 3 N–H and O–H groups in total. The highest BCUT2D eigenvalue weighted by atomic mass is 16.4. The quantitative estimate of drug-likeness (QED) is 0.624. The van der Waals surface area contributed by atoms with Gasteiger partial charge < -0.3 is 20.4 Å². The Morgan fingerprint density at radius 2 is 2.00 bits per heavy atom. The third kappa shape index (κ3) is 4.57. The van der Waals surface area contributed by atoms with Gasteiger partial charge in [-0.05, 0) is 50.3 Å². The van der Waals surface area contributed by atoms with Gasteiger partial charge in [-0.25, -0.2) is 4.79 Å². The predicted molar refractivity (Wildman–Crippen MR) is 107 cm³/mol. The van der Waals surface area contributed by atoms with Crippen molar-refractivity contribution in [2.24, 2.45) is 0 Å². The van der Waals surface area contributed by atoms with Crippen molar-refractivity contribution in [2.45, 2.75) is 19.4 Å². The minimum absolute atomic E-state index is 0.108. The molecule has 1 heterocycles. The molecular formula is C20H24N4O3. The number of hydrogen-bond acceptors (Lipinski definition) is 5. The van der Waals surface area contributed by atoms with Crippen LogP contribution in [-0.2, 0) is 17.8 Å². The van der Waals surface area contributed by atoms with Crippen molar-refractivity contribution in [3.05, 3.63) is 58.6 Å². The van der Waals surface area contributed by atoms with Gasteiger partial charge in [0, 0.05) is 30.9 Å². The summed E-state index contributed by atoms with van der Waals surface area (Å²) >= 11 is 0. The molecule has 0 aliphatic rings. The van der Waals surface area contributed by atoms with E-state index in [1.807, 2.05) is 43.3 Å². The van der Waals surface area contributed by atoms with Gasteiger partial charge in [-0.1, -0.05) is 18.2 Å². The number of likely N-dealkylation sites (N-methyl/N-ethyl adjacent to an activating group) is 1. The normalized spacial score (nSPS) is 11.2. The summed E-state index contributed by atoms with van der Waals surface area (Å²) in [6.07, 6.45) is 0.894. The summed E-state index contributed by atoms with van der Waals surface area (Å²) in [6, 6.07) is 12.7. The second-order valence-corrected chi connectivity index (χ2v) is 6.75. The third-order valence-electron chi connectivity index (χ3n) is 4.40. The Morgan fingerprint density at radius 1 is 1.22 bits per heavy atom. The second-order valence-electron chi connectivity index (χ2n) is 6.75. The van der Waals surface area contributed by atoms with E-state index in [0.29, 0.717) is 48.4 Å². The van der Waals surface area contributed by atoms with Gasteiger partial charge in [0.2, 0.25) is 5.91 Å². The fourth-order valence-corrected chi connectivity index (χ4v) is 2.89. The molecular weight excluding hydrogens is 344 g/mol. The number of para-hydroxylation sites is 1. The molecule has 1 amide bonds. The summed E-state index contributed by atoms with van der Waals surface area (Å²) in [4.78, 5) is 26.3. The lowest BCUT2D eigenvalue weighted by molar-refractivity contribution is -0.116. The van der Waals surface area contributed by atoms with Crippen molar-refractivity contribution in [1.82, 2.24) is 9.47 Å². The molecule has 7 heteroatoms. The summed E-state index contributed by atoms with van der Waals surface area (Å²) in [5.41, 5.74) is 9.37. The van der Waals surface area contributed by atoms with Gasteiger partial charge in [0.1, 0.15) is 0 Å². The van der Waals surface area contributed by atoms with E-state index in [2.05, 4.69) is 5.32 Å². The lowest BCUT2D eigenvalue weighted by atomic mass is 10.1. The van der Waals surface area contributed by atoms with Crippen LogP contribution in [0.3, 0.4) is 0 Å². The van der Waals surface area contributed by atoms with E-state index in [1.54, 1.807) is 22.8 Å². The smallest absolute Gasteiger partial charge is 0.408 e. The van der Waals surface area contributed by atoms with E-state index in [4.69, 9.17) is 10.2 Å². The molecule has 27 heavy (non-hydrogen) atoms. The van der Waals surface area contributed by atoms with E-state index in [1.165, 1.54) is 0 Å². The Balaban J connectivity index is 1.71.